The van der Waals surface area contributed by atoms with Gasteiger partial charge in [0.1, 0.15) is 6.10 Å². The minimum Gasteiger partial charge on any atom is -0.455 e. The molecule has 1 fully saturated rings. The normalized spacial score (nSPS) is 27.0. The maximum absolute atomic E-state index is 13.0. The number of hydrogen-bond donors (Lipinski definition) is 1. The molecule has 0 spiro atoms. The second-order valence-electron chi connectivity index (χ2n) is 6.97. The Morgan fingerprint density at radius 1 is 1.03 bits per heavy atom. The number of aliphatic hydroxyl groups excluding tert-OH is 1. The van der Waals surface area contributed by atoms with Crippen molar-refractivity contribution in [1.82, 2.24) is 0 Å². The Morgan fingerprint density at radius 3 is 2.14 bits per heavy atom. The Morgan fingerprint density at radius 2 is 1.62 bits per heavy atom. The fourth-order valence-electron chi connectivity index (χ4n) is 3.26. The predicted molar refractivity (Wildman–Crippen MR) is 97.3 cm³/mol. The lowest BCUT2D eigenvalue weighted by molar-refractivity contribution is -0.219. The Hall–Kier alpha value is -2.78. The van der Waals surface area contributed by atoms with Gasteiger partial charge in [-0.15, -0.1) is 0 Å². The number of hydrogen-bond acceptors (Lipinski definition) is 9. The highest BCUT2D eigenvalue weighted by molar-refractivity contribution is 5.90. The molecule has 0 saturated carbocycles. The van der Waals surface area contributed by atoms with E-state index < -0.39 is 53.9 Å². The van der Waals surface area contributed by atoms with Gasteiger partial charge in [-0.2, -0.15) is 0 Å². The molecule has 1 N–H and O–H groups in total. The van der Waals surface area contributed by atoms with Gasteiger partial charge in [-0.05, 0) is 25.0 Å². The summed E-state index contributed by atoms with van der Waals surface area (Å²) >= 11 is 0. The molecule has 0 aromatic heterocycles. The highest BCUT2D eigenvalue weighted by Gasteiger charge is 2.63. The van der Waals surface area contributed by atoms with E-state index in [1.807, 2.05) is 0 Å². The van der Waals surface area contributed by atoms with Crippen LogP contribution in [0, 0.1) is 6.92 Å². The Bertz CT molecular complexity index is 818. The van der Waals surface area contributed by atoms with Crippen molar-refractivity contribution in [3.8, 4) is 0 Å². The summed E-state index contributed by atoms with van der Waals surface area (Å²) in [6.45, 7) is 6.36. The van der Waals surface area contributed by atoms with E-state index in [2.05, 4.69) is 0 Å². The van der Waals surface area contributed by atoms with Crippen molar-refractivity contribution in [3.63, 3.8) is 0 Å². The summed E-state index contributed by atoms with van der Waals surface area (Å²) in [4.78, 5) is 47.9. The molecule has 9 nitrogen and oxygen atoms in total. The van der Waals surface area contributed by atoms with Crippen molar-refractivity contribution in [2.75, 3.05) is 0 Å². The van der Waals surface area contributed by atoms with Crippen molar-refractivity contribution in [1.29, 1.82) is 0 Å². The molecule has 1 aliphatic heterocycles. The van der Waals surface area contributed by atoms with Crippen LogP contribution in [-0.4, -0.2) is 52.9 Å². The monoisotopic (exact) mass is 408 g/mol. The summed E-state index contributed by atoms with van der Waals surface area (Å²) < 4.78 is 21.1. The first-order chi connectivity index (χ1) is 13.5. The summed E-state index contributed by atoms with van der Waals surface area (Å²) in [5.74, 6) is -3.14. The van der Waals surface area contributed by atoms with Crippen molar-refractivity contribution >= 4 is 23.7 Å². The van der Waals surface area contributed by atoms with Crippen LogP contribution in [0.3, 0.4) is 0 Å². The second kappa shape index (κ2) is 8.71. The molecular weight excluding hydrogens is 384 g/mol. The smallest absolute Gasteiger partial charge is 0.305 e. The van der Waals surface area contributed by atoms with Crippen molar-refractivity contribution in [3.05, 3.63) is 35.4 Å². The molecule has 0 aliphatic carbocycles. The second-order valence-corrected chi connectivity index (χ2v) is 6.97. The van der Waals surface area contributed by atoms with Crippen molar-refractivity contribution < 1.29 is 43.2 Å². The van der Waals surface area contributed by atoms with Gasteiger partial charge in [0.25, 0.3) is 0 Å². The molecule has 1 aliphatic rings. The van der Waals surface area contributed by atoms with Crippen molar-refractivity contribution in [2.45, 2.75) is 64.8 Å². The average Bonchev–Trinajstić information content (AvgIpc) is 2.85. The van der Waals surface area contributed by atoms with Crippen LogP contribution in [-0.2, 0) is 38.1 Å². The molecule has 1 heterocycles. The molecule has 158 valence electrons. The fourth-order valence-corrected chi connectivity index (χ4v) is 3.26. The van der Waals surface area contributed by atoms with Crippen LogP contribution in [0.25, 0.3) is 0 Å². The molecule has 1 unspecified atom stereocenters. The van der Waals surface area contributed by atoms with Gasteiger partial charge in [-0.1, -0.05) is 24.3 Å². The van der Waals surface area contributed by atoms with Gasteiger partial charge < -0.3 is 24.1 Å². The third-order valence-corrected chi connectivity index (χ3v) is 4.54. The van der Waals surface area contributed by atoms with Gasteiger partial charge in [0.15, 0.2) is 18.0 Å². The van der Waals surface area contributed by atoms with Crippen molar-refractivity contribution in [2.24, 2.45) is 0 Å². The van der Waals surface area contributed by atoms with Crippen LogP contribution in [0.5, 0.6) is 0 Å². The zero-order chi connectivity index (χ0) is 21.9. The molecule has 1 aromatic rings. The minimum atomic E-state index is -1.80. The number of aliphatic hydroxyl groups is 1. The molecule has 9 heteroatoms. The highest BCUT2D eigenvalue weighted by atomic mass is 16.8. The first kappa shape index (κ1) is 22.5. The van der Waals surface area contributed by atoms with Crippen LogP contribution in [0.1, 0.15) is 44.9 Å². The largest absolute Gasteiger partial charge is 0.455 e. The zero-order valence-corrected chi connectivity index (χ0v) is 16.8. The molecule has 0 bridgehead atoms. The molecule has 2 rings (SSSR count). The number of carbonyl (C=O) groups is 4. The quantitative estimate of drug-likeness (QED) is 0.545. The van der Waals surface area contributed by atoms with Gasteiger partial charge in [-0.3, -0.25) is 19.2 Å². The van der Waals surface area contributed by atoms with Crippen LogP contribution >= 0.6 is 0 Å². The maximum atomic E-state index is 13.0. The van der Waals surface area contributed by atoms with Crippen LogP contribution in [0.2, 0.25) is 0 Å². The number of ether oxygens (including phenoxy) is 4. The number of Topliss-reactive ketones (excluding diaryl/α,β-unsaturated/α-hetero) is 1. The molecule has 0 amide bonds. The predicted octanol–water partition coefficient (Wildman–Crippen LogP) is 1.14. The number of aryl methyl sites for hydroxylation is 1. The lowest BCUT2D eigenvalue weighted by Crippen LogP contribution is -2.53. The molecule has 1 saturated heterocycles. The summed E-state index contributed by atoms with van der Waals surface area (Å²) in [5, 5.41) is 10.6. The number of rotatable bonds is 6. The van der Waals surface area contributed by atoms with E-state index in [1.54, 1.807) is 31.2 Å². The van der Waals surface area contributed by atoms with E-state index in [0.29, 0.717) is 11.1 Å². The molecule has 5 atom stereocenters. The fraction of sp³-hybridized carbons (Fsp3) is 0.500. The van der Waals surface area contributed by atoms with Crippen LogP contribution in [0.4, 0.5) is 0 Å². The van der Waals surface area contributed by atoms with Gasteiger partial charge >= 0.3 is 17.9 Å². The summed E-state index contributed by atoms with van der Waals surface area (Å²) in [5.41, 5.74) is -0.794. The van der Waals surface area contributed by atoms with E-state index in [-0.39, 0.29) is 0 Å². The first-order valence-electron chi connectivity index (χ1n) is 8.94. The van der Waals surface area contributed by atoms with E-state index in [1.165, 1.54) is 6.92 Å². The minimum absolute atomic E-state index is 0.341. The third-order valence-electron chi connectivity index (χ3n) is 4.54. The lowest BCUT2D eigenvalue weighted by atomic mass is 9.90. The maximum Gasteiger partial charge on any atom is 0.305 e. The van der Waals surface area contributed by atoms with E-state index in [4.69, 9.17) is 18.9 Å². The standard InChI is InChI=1S/C20H24O9/c1-10-8-6-7-9-14(10)15(24)16(25)17-18(26-11(2)21)20(5,29-13(4)23)19(28-17)27-12(3)22/h6-9,15,17-19,24H,1-5H3/t15?,17-,18-,19-,20-/m1/s1. The Labute approximate surface area is 167 Å². The van der Waals surface area contributed by atoms with E-state index in [0.717, 1.165) is 20.8 Å². The van der Waals surface area contributed by atoms with Crippen LogP contribution in [0.15, 0.2) is 24.3 Å². The molecule has 1 aromatic carbocycles. The van der Waals surface area contributed by atoms with Crippen LogP contribution < -0.4 is 0 Å². The number of esters is 3. The first-order valence-corrected chi connectivity index (χ1v) is 8.94. The number of carbonyl (C=O) groups excluding carboxylic acids is 4. The highest BCUT2D eigenvalue weighted by Crippen LogP contribution is 2.39. The summed E-state index contributed by atoms with van der Waals surface area (Å²) in [6, 6.07) is 6.69. The third kappa shape index (κ3) is 4.80. The van der Waals surface area contributed by atoms with E-state index >= 15 is 0 Å². The van der Waals surface area contributed by atoms with Gasteiger partial charge in [0.05, 0.1) is 0 Å². The van der Waals surface area contributed by atoms with E-state index in [9.17, 15) is 24.3 Å². The number of ketones is 1. The Balaban J connectivity index is 2.46. The summed E-state index contributed by atoms with van der Waals surface area (Å²) in [6.07, 6.45) is -6.11. The molecule has 0 radical (unpaired) electrons. The molecule has 29 heavy (non-hydrogen) atoms. The zero-order valence-electron chi connectivity index (χ0n) is 16.8. The average molecular weight is 408 g/mol. The Kier molecular flexibility index (Phi) is 6.76. The SMILES string of the molecule is CC(=O)O[C@@H]1O[C@H](C(=O)C(O)c2ccccc2C)[C@@H](OC(C)=O)[C@@]1(C)OC(C)=O. The lowest BCUT2D eigenvalue weighted by Gasteiger charge is -2.32. The van der Waals surface area contributed by atoms with Gasteiger partial charge in [-0.25, -0.2) is 0 Å². The molecular formula is C20H24O9. The number of benzene rings is 1. The summed E-state index contributed by atoms with van der Waals surface area (Å²) in [7, 11) is 0. The topological polar surface area (TPSA) is 125 Å². The van der Waals surface area contributed by atoms with Gasteiger partial charge in [0, 0.05) is 20.8 Å². The van der Waals surface area contributed by atoms with Gasteiger partial charge in [0.2, 0.25) is 11.9 Å².